The second kappa shape index (κ2) is 3.83. The SMILES string of the molecule is C=Cc1ccnc(C(C)O)c1Br. The molecule has 1 N–H and O–H groups in total. The van der Waals surface area contributed by atoms with Gasteiger partial charge in [0.15, 0.2) is 0 Å². The van der Waals surface area contributed by atoms with Crippen LogP contribution in [0.25, 0.3) is 6.08 Å². The van der Waals surface area contributed by atoms with Crippen LogP contribution in [0.4, 0.5) is 0 Å². The molecule has 0 saturated heterocycles. The fourth-order valence-corrected chi connectivity index (χ4v) is 1.65. The Labute approximate surface area is 80.1 Å². The van der Waals surface area contributed by atoms with Crippen LogP contribution >= 0.6 is 15.9 Å². The highest BCUT2D eigenvalue weighted by atomic mass is 79.9. The van der Waals surface area contributed by atoms with E-state index in [1.807, 2.05) is 6.07 Å². The van der Waals surface area contributed by atoms with Gasteiger partial charge in [0.05, 0.1) is 11.8 Å². The Kier molecular flexibility index (Phi) is 3.00. The Hall–Kier alpha value is -0.670. The predicted molar refractivity (Wildman–Crippen MR) is 52.7 cm³/mol. The lowest BCUT2D eigenvalue weighted by Gasteiger charge is -2.07. The van der Waals surface area contributed by atoms with Crippen molar-refractivity contribution in [1.82, 2.24) is 4.98 Å². The summed E-state index contributed by atoms with van der Waals surface area (Å²) >= 11 is 3.35. The van der Waals surface area contributed by atoms with Gasteiger partial charge in [-0.25, -0.2) is 0 Å². The van der Waals surface area contributed by atoms with Gasteiger partial charge in [-0.3, -0.25) is 4.98 Å². The van der Waals surface area contributed by atoms with Crippen LogP contribution in [-0.4, -0.2) is 10.1 Å². The van der Waals surface area contributed by atoms with Crippen molar-refractivity contribution in [2.24, 2.45) is 0 Å². The smallest absolute Gasteiger partial charge is 0.0943 e. The summed E-state index contributed by atoms with van der Waals surface area (Å²) in [6.45, 7) is 5.33. The van der Waals surface area contributed by atoms with Crippen LogP contribution in [0.2, 0.25) is 0 Å². The van der Waals surface area contributed by atoms with Gasteiger partial charge < -0.3 is 5.11 Å². The minimum atomic E-state index is -0.556. The zero-order valence-electron chi connectivity index (χ0n) is 6.79. The molecular weight excluding hydrogens is 218 g/mol. The third-order valence-electron chi connectivity index (χ3n) is 1.56. The summed E-state index contributed by atoms with van der Waals surface area (Å²) in [5, 5.41) is 9.30. The fourth-order valence-electron chi connectivity index (χ4n) is 0.925. The molecule has 2 nitrogen and oxygen atoms in total. The first-order valence-corrected chi connectivity index (χ1v) is 4.41. The van der Waals surface area contributed by atoms with Gasteiger partial charge in [-0.2, -0.15) is 0 Å². The summed E-state index contributed by atoms with van der Waals surface area (Å²) in [7, 11) is 0. The Bertz CT molecular complexity index is 297. The number of rotatable bonds is 2. The minimum Gasteiger partial charge on any atom is -0.387 e. The number of halogens is 1. The minimum absolute atomic E-state index is 0.556. The van der Waals surface area contributed by atoms with Crippen molar-refractivity contribution in [2.45, 2.75) is 13.0 Å². The molecule has 1 rings (SSSR count). The molecule has 0 bridgehead atoms. The maximum atomic E-state index is 9.30. The van der Waals surface area contributed by atoms with E-state index in [2.05, 4.69) is 27.5 Å². The van der Waals surface area contributed by atoms with Crippen molar-refractivity contribution in [3.05, 3.63) is 34.6 Å². The average Bonchev–Trinajstić information content (AvgIpc) is 2.04. The monoisotopic (exact) mass is 227 g/mol. The highest BCUT2D eigenvalue weighted by molar-refractivity contribution is 9.10. The van der Waals surface area contributed by atoms with Crippen LogP contribution < -0.4 is 0 Å². The molecule has 12 heavy (non-hydrogen) atoms. The molecule has 0 radical (unpaired) electrons. The molecule has 0 aliphatic heterocycles. The zero-order valence-corrected chi connectivity index (χ0v) is 8.37. The lowest BCUT2D eigenvalue weighted by Crippen LogP contribution is -1.97. The molecule has 0 amide bonds. The number of aliphatic hydroxyl groups excluding tert-OH is 1. The van der Waals surface area contributed by atoms with Gasteiger partial charge >= 0.3 is 0 Å². The maximum Gasteiger partial charge on any atom is 0.0943 e. The molecule has 0 saturated carbocycles. The van der Waals surface area contributed by atoms with Crippen molar-refractivity contribution >= 4 is 22.0 Å². The second-order valence-electron chi connectivity index (χ2n) is 2.48. The third-order valence-corrected chi connectivity index (χ3v) is 2.43. The van der Waals surface area contributed by atoms with E-state index in [1.165, 1.54) is 0 Å². The number of aromatic nitrogens is 1. The van der Waals surface area contributed by atoms with Crippen LogP contribution in [0.15, 0.2) is 23.3 Å². The van der Waals surface area contributed by atoms with Crippen molar-refractivity contribution in [1.29, 1.82) is 0 Å². The molecule has 64 valence electrons. The number of hydrogen-bond donors (Lipinski definition) is 1. The van der Waals surface area contributed by atoms with Crippen LogP contribution in [0.5, 0.6) is 0 Å². The van der Waals surface area contributed by atoms with Gasteiger partial charge in [0.25, 0.3) is 0 Å². The quantitative estimate of drug-likeness (QED) is 0.843. The van der Waals surface area contributed by atoms with Crippen molar-refractivity contribution < 1.29 is 5.11 Å². The molecule has 0 aliphatic rings. The normalized spacial score (nSPS) is 12.6. The largest absolute Gasteiger partial charge is 0.387 e. The number of aliphatic hydroxyl groups is 1. The number of pyridine rings is 1. The molecule has 1 aromatic heterocycles. The highest BCUT2D eigenvalue weighted by Gasteiger charge is 2.08. The molecule has 1 unspecified atom stereocenters. The molecular formula is C9H10BrNO. The van der Waals surface area contributed by atoms with Crippen LogP contribution in [-0.2, 0) is 0 Å². The van der Waals surface area contributed by atoms with E-state index < -0.39 is 6.10 Å². The van der Waals surface area contributed by atoms with E-state index in [9.17, 15) is 5.11 Å². The Morgan fingerprint density at radius 3 is 2.92 bits per heavy atom. The van der Waals surface area contributed by atoms with Crippen LogP contribution in [0.3, 0.4) is 0 Å². The predicted octanol–water partition coefficient (Wildman–Crippen LogP) is 2.54. The number of hydrogen-bond acceptors (Lipinski definition) is 2. The summed E-state index contributed by atoms with van der Waals surface area (Å²) in [5.74, 6) is 0. The average molecular weight is 228 g/mol. The van der Waals surface area contributed by atoms with E-state index in [0.717, 1.165) is 10.0 Å². The van der Waals surface area contributed by atoms with E-state index in [-0.39, 0.29) is 0 Å². The van der Waals surface area contributed by atoms with E-state index in [1.54, 1.807) is 19.2 Å². The van der Waals surface area contributed by atoms with Gasteiger partial charge in [0.1, 0.15) is 0 Å². The molecule has 1 heterocycles. The van der Waals surface area contributed by atoms with E-state index in [4.69, 9.17) is 0 Å². The first-order chi connectivity index (χ1) is 5.66. The summed E-state index contributed by atoms with van der Waals surface area (Å²) in [4.78, 5) is 4.04. The molecule has 0 aliphatic carbocycles. The lowest BCUT2D eigenvalue weighted by molar-refractivity contribution is 0.193. The van der Waals surface area contributed by atoms with Gasteiger partial charge in [0, 0.05) is 10.7 Å². The Morgan fingerprint density at radius 2 is 2.42 bits per heavy atom. The summed E-state index contributed by atoms with van der Waals surface area (Å²) < 4.78 is 0.815. The fraction of sp³-hybridized carbons (Fsp3) is 0.222. The summed E-state index contributed by atoms with van der Waals surface area (Å²) in [6.07, 6.45) is 2.82. The highest BCUT2D eigenvalue weighted by Crippen LogP contribution is 2.25. The van der Waals surface area contributed by atoms with E-state index >= 15 is 0 Å². The topological polar surface area (TPSA) is 33.1 Å². The van der Waals surface area contributed by atoms with E-state index in [0.29, 0.717) is 5.69 Å². The number of nitrogens with zero attached hydrogens (tertiary/aromatic N) is 1. The summed E-state index contributed by atoms with van der Waals surface area (Å²) in [6, 6.07) is 1.84. The zero-order chi connectivity index (χ0) is 9.14. The summed E-state index contributed by atoms with van der Waals surface area (Å²) in [5.41, 5.74) is 1.59. The van der Waals surface area contributed by atoms with Crippen molar-refractivity contribution in [3.63, 3.8) is 0 Å². The van der Waals surface area contributed by atoms with Gasteiger partial charge in [0.2, 0.25) is 0 Å². The van der Waals surface area contributed by atoms with Gasteiger partial charge in [-0.05, 0) is 34.5 Å². The van der Waals surface area contributed by atoms with Crippen molar-refractivity contribution in [3.8, 4) is 0 Å². The molecule has 0 aromatic carbocycles. The first-order valence-electron chi connectivity index (χ1n) is 3.61. The van der Waals surface area contributed by atoms with Gasteiger partial charge in [-0.15, -0.1) is 0 Å². The molecule has 1 aromatic rings. The first kappa shape index (κ1) is 9.42. The third kappa shape index (κ3) is 1.73. The van der Waals surface area contributed by atoms with Crippen molar-refractivity contribution in [2.75, 3.05) is 0 Å². The van der Waals surface area contributed by atoms with Crippen LogP contribution in [0, 0.1) is 0 Å². The standard InChI is InChI=1S/C9H10BrNO/c1-3-7-4-5-11-9(6(2)12)8(7)10/h3-6,12H,1H2,2H3. The van der Waals surface area contributed by atoms with Gasteiger partial charge in [-0.1, -0.05) is 12.7 Å². The Balaban J connectivity index is 3.22. The maximum absolute atomic E-state index is 9.30. The molecule has 1 atom stereocenters. The Morgan fingerprint density at radius 1 is 1.75 bits per heavy atom. The second-order valence-corrected chi connectivity index (χ2v) is 3.27. The molecule has 0 fully saturated rings. The molecule has 3 heteroatoms. The molecule has 0 spiro atoms. The lowest BCUT2D eigenvalue weighted by atomic mass is 10.2. The van der Waals surface area contributed by atoms with Crippen LogP contribution in [0.1, 0.15) is 24.3 Å².